The molecule has 0 fully saturated rings. The van der Waals surface area contributed by atoms with E-state index >= 15 is 0 Å². The monoisotopic (exact) mass is 337 g/mol. The zero-order valence-corrected chi connectivity index (χ0v) is 11.1. The van der Waals surface area contributed by atoms with Crippen molar-refractivity contribution in [2.75, 3.05) is 0 Å². The maximum absolute atomic E-state index is 2.12. The van der Waals surface area contributed by atoms with Crippen LogP contribution in [-0.4, -0.2) is 27.3 Å². The van der Waals surface area contributed by atoms with Crippen molar-refractivity contribution in [2.45, 2.75) is 12.8 Å². The molecule has 0 amide bonds. The summed E-state index contributed by atoms with van der Waals surface area (Å²) in [5.41, 5.74) is 0. The fraction of sp³-hybridized carbons (Fsp3) is 0.200. The summed E-state index contributed by atoms with van der Waals surface area (Å²) in [4.78, 5) is 0. The Bertz CT molecular complexity index is 143. The van der Waals surface area contributed by atoms with Gasteiger partial charge < -0.3 is 0 Å². The second kappa shape index (κ2) is 7.98. The molecular formula is C10H12Tl. The van der Waals surface area contributed by atoms with Crippen molar-refractivity contribution in [3.05, 3.63) is 48.6 Å². The van der Waals surface area contributed by atoms with Gasteiger partial charge in [0.05, 0.1) is 0 Å². The first-order valence-electron chi connectivity index (χ1n) is 3.63. The summed E-state index contributed by atoms with van der Waals surface area (Å²) < 4.78 is 0. The Labute approximate surface area is 88.5 Å². The number of rotatable bonds is 0. The molecule has 0 aliphatic heterocycles. The van der Waals surface area contributed by atoms with Gasteiger partial charge in [-0.25, -0.2) is 0 Å². The van der Waals surface area contributed by atoms with Gasteiger partial charge in [0, 0.05) is 27.3 Å². The molecule has 1 heteroatoms. The minimum absolute atomic E-state index is 0. The van der Waals surface area contributed by atoms with E-state index in [-0.39, 0.29) is 27.3 Å². The molecule has 0 heterocycles. The third kappa shape index (κ3) is 6.29. The van der Waals surface area contributed by atoms with Crippen molar-refractivity contribution in [1.29, 1.82) is 0 Å². The van der Waals surface area contributed by atoms with Gasteiger partial charge in [-0.2, -0.15) is 0 Å². The van der Waals surface area contributed by atoms with Gasteiger partial charge in [0.1, 0.15) is 0 Å². The Morgan fingerprint density at radius 3 is 0.909 bits per heavy atom. The summed E-state index contributed by atoms with van der Waals surface area (Å²) in [6.07, 6.45) is 19.0. The number of allylic oxidation sites excluding steroid dienone is 8. The number of hydrogen-bond donors (Lipinski definition) is 0. The molecule has 0 saturated heterocycles. The summed E-state index contributed by atoms with van der Waals surface area (Å²) in [7, 11) is 0. The average molecular weight is 337 g/mol. The molecule has 0 saturated carbocycles. The molecule has 55 valence electrons. The van der Waals surface area contributed by atoms with Crippen molar-refractivity contribution < 1.29 is 0 Å². The van der Waals surface area contributed by atoms with Crippen LogP contribution in [0.3, 0.4) is 0 Å². The van der Waals surface area contributed by atoms with Gasteiger partial charge in [-0.1, -0.05) is 48.6 Å². The van der Waals surface area contributed by atoms with Gasteiger partial charge in [-0.05, 0) is 12.8 Å². The molecule has 0 N–H and O–H groups in total. The van der Waals surface area contributed by atoms with E-state index in [1.54, 1.807) is 0 Å². The Kier molecular flexibility index (Phi) is 7.90. The Balaban J connectivity index is 0.000000167. The molecule has 0 nitrogen and oxygen atoms in total. The maximum Gasteiger partial charge on any atom is 0 e. The first-order valence-corrected chi connectivity index (χ1v) is 3.63. The Hall–Kier alpha value is -0.118. The molecule has 11 heavy (non-hydrogen) atoms. The van der Waals surface area contributed by atoms with Gasteiger partial charge >= 0.3 is 0 Å². The summed E-state index contributed by atoms with van der Waals surface area (Å²) in [5, 5.41) is 0. The summed E-state index contributed by atoms with van der Waals surface area (Å²) >= 11 is 0. The molecule has 0 spiro atoms. The van der Waals surface area contributed by atoms with E-state index in [2.05, 4.69) is 48.6 Å². The third-order valence-electron chi connectivity index (χ3n) is 1.31. The molecular weight excluding hydrogens is 324 g/mol. The summed E-state index contributed by atoms with van der Waals surface area (Å²) in [5.74, 6) is 0. The van der Waals surface area contributed by atoms with Crippen LogP contribution in [0.2, 0.25) is 0 Å². The van der Waals surface area contributed by atoms with E-state index < -0.39 is 0 Å². The first-order chi connectivity index (χ1) is 5.00. The molecule has 0 unspecified atom stereocenters. The Morgan fingerprint density at radius 1 is 0.545 bits per heavy atom. The van der Waals surface area contributed by atoms with Gasteiger partial charge in [-0.15, -0.1) is 0 Å². The van der Waals surface area contributed by atoms with Crippen LogP contribution < -0.4 is 0 Å². The van der Waals surface area contributed by atoms with Crippen molar-refractivity contribution >= 4 is 27.3 Å². The molecule has 0 aromatic heterocycles. The molecule has 0 atom stereocenters. The van der Waals surface area contributed by atoms with Gasteiger partial charge in [0.25, 0.3) is 0 Å². The van der Waals surface area contributed by atoms with Gasteiger partial charge in [0.15, 0.2) is 0 Å². The standard InChI is InChI=1S/2C5H6.Tl/c2*1-2-4-5-3-1;/h2*1-4H,5H2;. The fourth-order valence-corrected chi connectivity index (χ4v) is 0.786. The molecule has 2 rings (SSSR count). The van der Waals surface area contributed by atoms with E-state index in [1.807, 2.05) is 0 Å². The molecule has 2 aliphatic carbocycles. The van der Waals surface area contributed by atoms with Crippen LogP contribution in [0.25, 0.3) is 0 Å². The van der Waals surface area contributed by atoms with Crippen LogP contribution in [0.4, 0.5) is 0 Å². The average Bonchev–Trinajstić information content (AvgIpc) is 2.67. The third-order valence-corrected chi connectivity index (χ3v) is 1.31. The molecule has 0 aromatic carbocycles. The first kappa shape index (κ1) is 10.9. The SMILES string of the molecule is C1=CCC=C1.C1=CCC=C1.[Tl]. The number of hydrogen-bond acceptors (Lipinski definition) is 0. The zero-order valence-electron chi connectivity index (χ0n) is 6.61. The molecule has 0 bridgehead atoms. The van der Waals surface area contributed by atoms with Crippen LogP contribution in [0.15, 0.2) is 48.6 Å². The van der Waals surface area contributed by atoms with E-state index in [0.717, 1.165) is 12.8 Å². The maximum atomic E-state index is 2.12. The quantitative estimate of drug-likeness (QED) is 0.597. The van der Waals surface area contributed by atoms with E-state index in [1.165, 1.54) is 0 Å². The molecule has 1 radical (unpaired) electrons. The predicted octanol–water partition coefficient (Wildman–Crippen LogP) is 2.62. The second-order valence-corrected chi connectivity index (χ2v) is 2.18. The smallest absolute Gasteiger partial charge is 0 e. The largest absolute Gasteiger partial charge is 0.0808 e. The van der Waals surface area contributed by atoms with E-state index in [0.29, 0.717) is 0 Å². The predicted molar refractivity (Wildman–Crippen MR) is 51.5 cm³/mol. The van der Waals surface area contributed by atoms with Crippen molar-refractivity contribution in [1.82, 2.24) is 0 Å². The van der Waals surface area contributed by atoms with Gasteiger partial charge in [-0.3, -0.25) is 0 Å². The minimum atomic E-state index is 0. The van der Waals surface area contributed by atoms with Crippen LogP contribution in [0, 0.1) is 0 Å². The summed E-state index contributed by atoms with van der Waals surface area (Å²) in [6.45, 7) is 0. The Morgan fingerprint density at radius 2 is 0.818 bits per heavy atom. The van der Waals surface area contributed by atoms with Crippen LogP contribution in [0.1, 0.15) is 12.8 Å². The van der Waals surface area contributed by atoms with Crippen molar-refractivity contribution in [2.24, 2.45) is 0 Å². The normalized spacial score (nSPS) is 16.0. The van der Waals surface area contributed by atoms with Crippen LogP contribution in [-0.2, 0) is 0 Å². The summed E-state index contributed by atoms with van der Waals surface area (Å²) in [6, 6.07) is 0. The van der Waals surface area contributed by atoms with Gasteiger partial charge in [0.2, 0.25) is 0 Å². The molecule has 2 aliphatic rings. The van der Waals surface area contributed by atoms with Crippen LogP contribution >= 0.6 is 0 Å². The fourth-order valence-electron chi connectivity index (χ4n) is 0.786. The van der Waals surface area contributed by atoms with Crippen molar-refractivity contribution in [3.63, 3.8) is 0 Å². The van der Waals surface area contributed by atoms with Crippen LogP contribution in [0.5, 0.6) is 0 Å². The zero-order chi connectivity index (χ0) is 7.07. The minimum Gasteiger partial charge on any atom is -0.0808 e. The molecule has 0 aromatic rings. The second-order valence-electron chi connectivity index (χ2n) is 2.18. The van der Waals surface area contributed by atoms with Crippen molar-refractivity contribution in [3.8, 4) is 0 Å². The van der Waals surface area contributed by atoms with E-state index in [9.17, 15) is 0 Å². The topological polar surface area (TPSA) is 0 Å². The van der Waals surface area contributed by atoms with E-state index in [4.69, 9.17) is 0 Å².